The maximum absolute atomic E-state index is 13.1. The molecule has 0 atom stereocenters. The van der Waals surface area contributed by atoms with Crippen molar-refractivity contribution in [3.05, 3.63) is 53.6 Å². The summed E-state index contributed by atoms with van der Waals surface area (Å²) >= 11 is 0. The molecule has 2 rings (SSSR count). The molecule has 0 aliphatic heterocycles. The van der Waals surface area contributed by atoms with Crippen molar-refractivity contribution < 1.29 is 9.59 Å². The van der Waals surface area contributed by atoms with Crippen LogP contribution in [0.1, 0.15) is 60.2 Å². The molecule has 0 aliphatic carbocycles. The Labute approximate surface area is 197 Å². The van der Waals surface area contributed by atoms with Crippen LogP contribution in [0, 0.1) is 0 Å². The van der Waals surface area contributed by atoms with E-state index in [0.29, 0.717) is 11.1 Å². The number of carbonyl (C=O) groups excluding carboxylic acids is 2. The van der Waals surface area contributed by atoms with E-state index in [2.05, 4.69) is 29.5 Å². The lowest BCUT2D eigenvalue weighted by atomic mass is 10.1. The highest BCUT2D eigenvalue weighted by atomic mass is 16.2. The molecular weight excluding hydrogens is 414 g/mol. The second-order valence-electron chi connectivity index (χ2n) is 8.16. The summed E-state index contributed by atoms with van der Waals surface area (Å²) in [6, 6.07) is 12.8. The van der Waals surface area contributed by atoms with E-state index < -0.39 is 0 Å². The SMILES string of the molecule is CCCCN(CCCC)C(=O)c1ccc(N=CNc2ccc(C(=O)N(C)C)cc2)c(NC)c1. The van der Waals surface area contributed by atoms with Crippen LogP contribution >= 0.6 is 0 Å². The summed E-state index contributed by atoms with van der Waals surface area (Å²) in [5.41, 5.74) is 3.65. The van der Waals surface area contributed by atoms with Gasteiger partial charge in [0.05, 0.1) is 17.7 Å². The third-order valence-electron chi connectivity index (χ3n) is 5.34. The zero-order chi connectivity index (χ0) is 24.2. The Morgan fingerprint density at radius 3 is 2.06 bits per heavy atom. The van der Waals surface area contributed by atoms with Gasteiger partial charge in [-0.2, -0.15) is 0 Å². The van der Waals surface area contributed by atoms with Crippen LogP contribution in [-0.2, 0) is 0 Å². The number of carbonyl (C=O) groups is 2. The summed E-state index contributed by atoms with van der Waals surface area (Å²) in [4.78, 5) is 33.1. The minimum Gasteiger partial charge on any atom is -0.386 e. The first kappa shape index (κ1) is 25.9. The Balaban J connectivity index is 2.10. The lowest BCUT2D eigenvalue weighted by Crippen LogP contribution is -2.33. The molecule has 0 radical (unpaired) electrons. The molecule has 2 aromatic rings. The van der Waals surface area contributed by atoms with E-state index in [1.165, 1.54) is 0 Å². The molecule has 0 aromatic heterocycles. The molecule has 0 unspecified atom stereocenters. The van der Waals surface area contributed by atoms with Crippen LogP contribution in [-0.4, -0.2) is 62.2 Å². The van der Waals surface area contributed by atoms with Gasteiger partial charge >= 0.3 is 0 Å². The predicted molar refractivity (Wildman–Crippen MR) is 138 cm³/mol. The predicted octanol–water partition coefficient (Wildman–Crippen LogP) is 5.24. The third-order valence-corrected chi connectivity index (χ3v) is 5.34. The minimum atomic E-state index is -0.0357. The monoisotopic (exact) mass is 451 g/mol. The van der Waals surface area contributed by atoms with Crippen molar-refractivity contribution in [2.75, 3.05) is 44.9 Å². The Hall–Kier alpha value is -3.35. The number of rotatable bonds is 12. The first-order valence-electron chi connectivity index (χ1n) is 11.6. The van der Waals surface area contributed by atoms with Crippen molar-refractivity contribution >= 4 is 35.2 Å². The van der Waals surface area contributed by atoms with E-state index in [9.17, 15) is 9.59 Å². The highest BCUT2D eigenvalue weighted by Gasteiger charge is 2.16. The molecule has 33 heavy (non-hydrogen) atoms. The topological polar surface area (TPSA) is 77.0 Å². The highest BCUT2D eigenvalue weighted by molar-refractivity contribution is 5.97. The molecule has 0 saturated carbocycles. The lowest BCUT2D eigenvalue weighted by Gasteiger charge is -2.23. The summed E-state index contributed by atoms with van der Waals surface area (Å²) < 4.78 is 0. The van der Waals surface area contributed by atoms with Crippen molar-refractivity contribution in [3.8, 4) is 0 Å². The van der Waals surface area contributed by atoms with Crippen LogP contribution in [0.3, 0.4) is 0 Å². The Morgan fingerprint density at radius 1 is 0.909 bits per heavy atom. The molecule has 0 spiro atoms. The number of benzene rings is 2. The fourth-order valence-electron chi connectivity index (χ4n) is 3.32. The minimum absolute atomic E-state index is 0.0357. The van der Waals surface area contributed by atoms with Gasteiger partial charge in [-0.3, -0.25) is 9.59 Å². The van der Waals surface area contributed by atoms with Gasteiger partial charge in [0, 0.05) is 51.0 Å². The molecule has 0 saturated heterocycles. The number of amides is 2. The molecule has 0 bridgehead atoms. The zero-order valence-electron chi connectivity index (χ0n) is 20.5. The number of nitrogens with one attached hydrogen (secondary N) is 2. The van der Waals surface area contributed by atoms with Gasteiger partial charge in [0.1, 0.15) is 0 Å². The lowest BCUT2D eigenvalue weighted by molar-refractivity contribution is 0.0750. The summed E-state index contributed by atoms with van der Waals surface area (Å²) in [6.07, 6.45) is 5.74. The van der Waals surface area contributed by atoms with E-state index in [4.69, 9.17) is 0 Å². The van der Waals surface area contributed by atoms with E-state index >= 15 is 0 Å². The fourth-order valence-corrected chi connectivity index (χ4v) is 3.32. The van der Waals surface area contributed by atoms with Gasteiger partial charge in [-0.15, -0.1) is 0 Å². The van der Waals surface area contributed by atoms with Crippen molar-refractivity contribution in [3.63, 3.8) is 0 Å². The van der Waals surface area contributed by atoms with E-state index in [1.54, 1.807) is 37.5 Å². The normalized spacial score (nSPS) is 10.8. The number of hydrogen-bond acceptors (Lipinski definition) is 4. The first-order valence-corrected chi connectivity index (χ1v) is 11.6. The second kappa shape index (κ2) is 13.3. The molecule has 178 valence electrons. The van der Waals surface area contributed by atoms with Crippen molar-refractivity contribution in [2.45, 2.75) is 39.5 Å². The number of hydrogen-bond donors (Lipinski definition) is 2. The third kappa shape index (κ3) is 7.63. The molecule has 2 aromatic carbocycles. The van der Waals surface area contributed by atoms with Crippen LogP contribution in [0.15, 0.2) is 47.5 Å². The molecule has 2 N–H and O–H groups in total. The molecule has 0 fully saturated rings. The largest absolute Gasteiger partial charge is 0.386 e. The van der Waals surface area contributed by atoms with Gasteiger partial charge in [0.15, 0.2) is 0 Å². The van der Waals surface area contributed by atoms with Crippen LogP contribution < -0.4 is 10.6 Å². The molecular formula is C26H37N5O2. The molecule has 7 heteroatoms. The first-order chi connectivity index (χ1) is 15.9. The Morgan fingerprint density at radius 2 is 1.52 bits per heavy atom. The van der Waals surface area contributed by atoms with Crippen LogP contribution in [0.25, 0.3) is 0 Å². The Bertz CT molecular complexity index is 930. The number of nitrogens with zero attached hydrogens (tertiary/aromatic N) is 3. The summed E-state index contributed by atoms with van der Waals surface area (Å²) in [7, 11) is 5.28. The maximum Gasteiger partial charge on any atom is 0.253 e. The maximum atomic E-state index is 13.1. The molecule has 2 amide bonds. The quantitative estimate of drug-likeness (QED) is 0.342. The van der Waals surface area contributed by atoms with Crippen molar-refractivity contribution in [1.29, 1.82) is 0 Å². The van der Waals surface area contributed by atoms with E-state index in [-0.39, 0.29) is 11.8 Å². The Kier molecular flexibility index (Phi) is 10.4. The fraction of sp³-hybridized carbons (Fsp3) is 0.423. The zero-order valence-corrected chi connectivity index (χ0v) is 20.5. The van der Waals surface area contributed by atoms with Crippen LogP contribution in [0.5, 0.6) is 0 Å². The number of anilines is 2. The number of aliphatic imine (C=N–C) groups is 1. The summed E-state index contributed by atoms with van der Waals surface area (Å²) in [6.45, 7) is 5.85. The average molecular weight is 452 g/mol. The highest BCUT2D eigenvalue weighted by Crippen LogP contribution is 2.26. The number of unbranched alkanes of at least 4 members (excludes halogenated alkanes) is 2. The standard InChI is InChI=1S/C26H37N5O2/c1-6-8-16-31(17-9-7-2)26(33)21-12-15-23(24(18-21)27-3)29-19-28-22-13-10-20(11-14-22)25(32)30(4)5/h10-15,18-19,27H,6-9,16-17H2,1-5H3,(H,28,29). The van der Waals surface area contributed by atoms with E-state index in [1.807, 2.05) is 42.3 Å². The van der Waals surface area contributed by atoms with Crippen molar-refractivity contribution in [1.82, 2.24) is 9.80 Å². The van der Waals surface area contributed by atoms with Gasteiger partial charge in [-0.25, -0.2) is 4.99 Å². The van der Waals surface area contributed by atoms with Gasteiger partial charge in [0.25, 0.3) is 11.8 Å². The summed E-state index contributed by atoms with van der Waals surface area (Å²) in [5.74, 6) is 0.0286. The van der Waals surface area contributed by atoms with Gasteiger partial charge < -0.3 is 20.4 Å². The van der Waals surface area contributed by atoms with Crippen molar-refractivity contribution in [2.24, 2.45) is 4.99 Å². The van der Waals surface area contributed by atoms with Gasteiger partial charge in [0.2, 0.25) is 0 Å². The van der Waals surface area contributed by atoms with Gasteiger partial charge in [-0.1, -0.05) is 26.7 Å². The average Bonchev–Trinajstić information content (AvgIpc) is 2.83. The van der Waals surface area contributed by atoms with E-state index in [0.717, 1.165) is 55.8 Å². The molecule has 0 aliphatic rings. The van der Waals surface area contributed by atoms with Crippen LogP contribution in [0.2, 0.25) is 0 Å². The molecule has 0 heterocycles. The second-order valence-corrected chi connectivity index (χ2v) is 8.16. The smallest absolute Gasteiger partial charge is 0.253 e. The molecule has 7 nitrogen and oxygen atoms in total. The van der Waals surface area contributed by atoms with Gasteiger partial charge in [-0.05, 0) is 55.3 Å². The summed E-state index contributed by atoms with van der Waals surface area (Å²) in [5, 5.41) is 6.26. The van der Waals surface area contributed by atoms with Crippen LogP contribution in [0.4, 0.5) is 17.1 Å².